The van der Waals surface area contributed by atoms with Gasteiger partial charge in [0.05, 0.1) is 11.8 Å². The number of carbonyl (C=O) groups excluding carboxylic acids is 2. The van der Waals surface area contributed by atoms with Crippen LogP contribution in [0.2, 0.25) is 0 Å². The first-order valence-corrected chi connectivity index (χ1v) is 8.45. The van der Waals surface area contributed by atoms with Gasteiger partial charge >= 0.3 is 0 Å². The molecule has 21 heavy (non-hydrogen) atoms. The molecule has 3 rings (SSSR count). The quantitative estimate of drug-likeness (QED) is 0.909. The lowest BCUT2D eigenvalue weighted by Crippen LogP contribution is -2.46. The Kier molecular flexibility index (Phi) is 4.19. The second kappa shape index (κ2) is 6.10. The molecule has 2 amide bonds. The van der Waals surface area contributed by atoms with E-state index in [1.807, 2.05) is 28.8 Å². The topological polar surface area (TPSA) is 63.4 Å². The molecular weight excluding hydrogens is 284 g/mol. The van der Waals surface area contributed by atoms with Crippen molar-refractivity contribution in [2.24, 2.45) is 11.7 Å². The lowest BCUT2D eigenvalue weighted by Gasteiger charge is -2.35. The monoisotopic (exact) mass is 304 g/mol. The van der Waals surface area contributed by atoms with Crippen molar-refractivity contribution < 1.29 is 9.59 Å². The van der Waals surface area contributed by atoms with Gasteiger partial charge in [-0.25, -0.2) is 0 Å². The molecule has 0 radical (unpaired) electrons. The van der Waals surface area contributed by atoms with Crippen LogP contribution in [0, 0.1) is 5.92 Å². The Labute approximate surface area is 129 Å². The van der Waals surface area contributed by atoms with Gasteiger partial charge in [0, 0.05) is 18.0 Å². The average Bonchev–Trinajstić information content (AvgIpc) is 2.53. The van der Waals surface area contributed by atoms with Gasteiger partial charge in [-0.15, -0.1) is 11.8 Å². The summed E-state index contributed by atoms with van der Waals surface area (Å²) in [6, 6.07) is 8.15. The molecule has 0 spiro atoms. The summed E-state index contributed by atoms with van der Waals surface area (Å²) in [5, 5.41) is 0. The number of nitrogens with two attached hydrogens (primary N) is 1. The van der Waals surface area contributed by atoms with Gasteiger partial charge in [0.15, 0.2) is 0 Å². The van der Waals surface area contributed by atoms with Gasteiger partial charge in [0.1, 0.15) is 0 Å². The largest absolute Gasteiger partial charge is 0.369 e. The predicted molar refractivity (Wildman–Crippen MR) is 83.0 cm³/mol. The van der Waals surface area contributed by atoms with Crippen LogP contribution in [0.15, 0.2) is 29.2 Å². The van der Waals surface area contributed by atoms with Crippen LogP contribution in [0.5, 0.6) is 0 Å². The summed E-state index contributed by atoms with van der Waals surface area (Å²) >= 11 is 1.82. The number of piperidine rings is 1. The first kappa shape index (κ1) is 14.4. The van der Waals surface area contributed by atoms with Gasteiger partial charge in [-0.1, -0.05) is 18.2 Å². The van der Waals surface area contributed by atoms with E-state index in [0.717, 1.165) is 37.1 Å². The van der Waals surface area contributed by atoms with Crippen molar-refractivity contribution in [3.05, 3.63) is 29.8 Å². The van der Waals surface area contributed by atoms with Crippen molar-refractivity contribution >= 4 is 23.6 Å². The molecule has 2 atom stereocenters. The molecule has 1 saturated heterocycles. The molecule has 2 aliphatic rings. The van der Waals surface area contributed by atoms with Crippen molar-refractivity contribution in [3.8, 4) is 0 Å². The number of benzene rings is 1. The summed E-state index contributed by atoms with van der Waals surface area (Å²) in [4.78, 5) is 27.3. The number of amides is 2. The summed E-state index contributed by atoms with van der Waals surface area (Å²) in [6.07, 6.45) is 2.54. The third-order valence-corrected chi connectivity index (χ3v) is 5.51. The van der Waals surface area contributed by atoms with E-state index in [1.165, 1.54) is 4.90 Å². The first-order chi connectivity index (χ1) is 10.2. The van der Waals surface area contributed by atoms with Crippen molar-refractivity contribution in [1.82, 2.24) is 4.90 Å². The van der Waals surface area contributed by atoms with E-state index >= 15 is 0 Å². The number of hydrogen-bond acceptors (Lipinski definition) is 3. The highest BCUT2D eigenvalue weighted by atomic mass is 32.2. The van der Waals surface area contributed by atoms with Crippen LogP contribution in [0.3, 0.4) is 0 Å². The predicted octanol–water partition coefficient (Wildman–Crippen LogP) is 1.99. The Hall–Kier alpha value is -1.49. The van der Waals surface area contributed by atoms with Gasteiger partial charge in [0.2, 0.25) is 11.8 Å². The van der Waals surface area contributed by atoms with Crippen molar-refractivity contribution in [2.45, 2.75) is 30.1 Å². The lowest BCUT2D eigenvalue weighted by molar-refractivity contribution is -0.136. The van der Waals surface area contributed by atoms with Gasteiger partial charge < -0.3 is 10.6 Å². The minimum atomic E-state index is -0.285. The molecule has 0 aliphatic carbocycles. The van der Waals surface area contributed by atoms with E-state index in [4.69, 9.17) is 5.73 Å². The molecule has 1 aromatic rings. The van der Waals surface area contributed by atoms with E-state index in [0.29, 0.717) is 6.54 Å². The van der Waals surface area contributed by atoms with Crippen LogP contribution in [-0.2, 0) is 9.59 Å². The van der Waals surface area contributed by atoms with Crippen LogP contribution in [0.1, 0.15) is 30.7 Å². The number of hydrogen-bond donors (Lipinski definition) is 1. The molecule has 0 unspecified atom stereocenters. The van der Waals surface area contributed by atoms with Crippen LogP contribution in [0.4, 0.5) is 0 Å². The molecular formula is C16H20N2O2S. The molecule has 0 bridgehead atoms. The lowest BCUT2D eigenvalue weighted by atomic mass is 9.91. The zero-order valence-corrected chi connectivity index (χ0v) is 12.8. The van der Waals surface area contributed by atoms with Crippen molar-refractivity contribution in [2.75, 3.05) is 18.8 Å². The smallest absolute Gasteiger partial charge is 0.230 e. The SMILES string of the molecule is NC(=O)[C@H]1CCCN(C(=O)[C@@H]2CCSc3ccccc32)C1. The Bertz CT molecular complexity index is 561. The molecule has 0 aromatic heterocycles. The van der Waals surface area contributed by atoms with E-state index in [1.54, 1.807) is 0 Å². The van der Waals surface area contributed by atoms with E-state index in [-0.39, 0.29) is 23.7 Å². The number of nitrogens with zero attached hydrogens (tertiary/aromatic N) is 1. The standard InChI is InChI=1S/C16H20N2O2S/c17-15(19)11-4-3-8-18(10-11)16(20)13-7-9-21-14-6-2-1-5-12(13)14/h1-2,5-6,11,13H,3-4,7-10H2,(H2,17,19)/t11-,13+/m0/s1. The highest BCUT2D eigenvalue weighted by molar-refractivity contribution is 7.99. The molecule has 1 fully saturated rings. The van der Waals surface area contributed by atoms with Gasteiger partial charge in [-0.05, 0) is 36.6 Å². The number of rotatable bonds is 2. The van der Waals surface area contributed by atoms with E-state index in [9.17, 15) is 9.59 Å². The maximum atomic E-state index is 12.8. The van der Waals surface area contributed by atoms with Crippen LogP contribution < -0.4 is 5.73 Å². The van der Waals surface area contributed by atoms with Crippen LogP contribution >= 0.6 is 11.8 Å². The maximum Gasteiger partial charge on any atom is 0.230 e. The first-order valence-electron chi connectivity index (χ1n) is 7.46. The van der Waals surface area contributed by atoms with Crippen LogP contribution in [0.25, 0.3) is 0 Å². The molecule has 2 aliphatic heterocycles. The zero-order valence-electron chi connectivity index (χ0n) is 12.0. The Morgan fingerprint density at radius 1 is 1.24 bits per heavy atom. The normalized spacial score (nSPS) is 25.2. The molecule has 5 heteroatoms. The molecule has 2 heterocycles. The Morgan fingerprint density at radius 2 is 2.05 bits per heavy atom. The summed E-state index contributed by atoms with van der Waals surface area (Å²) in [5.74, 6) is 0.603. The number of thioether (sulfide) groups is 1. The maximum absolute atomic E-state index is 12.8. The summed E-state index contributed by atoms with van der Waals surface area (Å²) in [5.41, 5.74) is 6.54. The zero-order chi connectivity index (χ0) is 14.8. The molecule has 4 nitrogen and oxygen atoms in total. The van der Waals surface area contributed by atoms with E-state index < -0.39 is 0 Å². The fourth-order valence-electron chi connectivity index (χ4n) is 3.23. The second-order valence-corrected chi connectivity index (χ2v) is 6.89. The van der Waals surface area contributed by atoms with Gasteiger partial charge in [-0.2, -0.15) is 0 Å². The van der Waals surface area contributed by atoms with Crippen molar-refractivity contribution in [1.29, 1.82) is 0 Å². The van der Waals surface area contributed by atoms with Gasteiger partial charge in [-0.3, -0.25) is 9.59 Å². The highest BCUT2D eigenvalue weighted by Gasteiger charge is 2.33. The minimum Gasteiger partial charge on any atom is -0.369 e. The number of likely N-dealkylation sites (tertiary alicyclic amines) is 1. The highest BCUT2D eigenvalue weighted by Crippen LogP contribution is 2.38. The fraction of sp³-hybridized carbons (Fsp3) is 0.500. The Balaban J connectivity index is 1.78. The number of primary amides is 1. The molecule has 0 saturated carbocycles. The number of carbonyl (C=O) groups is 2. The number of fused-ring (bicyclic) bond motifs is 1. The third-order valence-electron chi connectivity index (χ3n) is 4.39. The summed E-state index contributed by atoms with van der Waals surface area (Å²) < 4.78 is 0. The minimum absolute atomic E-state index is 0.0610. The van der Waals surface area contributed by atoms with Crippen molar-refractivity contribution in [3.63, 3.8) is 0 Å². The molecule has 1 aromatic carbocycles. The van der Waals surface area contributed by atoms with E-state index in [2.05, 4.69) is 12.1 Å². The summed E-state index contributed by atoms with van der Waals surface area (Å²) in [6.45, 7) is 1.23. The Morgan fingerprint density at radius 3 is 2.86 bits per heavy atom. The van der Waals surface area contributed by atoms with Crippen LogP contribution in [-0.4, -0.2) is 35.6 Å². The molecule has 112 valence electrons. The fourth-order valence-corrected chi connectivity index (χ4v) is 4.35. The molecule has 2 N–H and O–H groups in total. The third kappa shape index (κ3) is 2.93. The average molecular weight is 304 g/mol. The second-order valence-electron chi connectivity index (χ2n) is 5.75. The summed E-state index contributed by atoms with van der Waals surface area (Å²) in [7, 11) is 0. The van der Waals surface area contributed by atoms with Gasteiger partial charge in [0.25, 0.3) is 0 Å².